The molecule has 2 rings (SSSR count). The Kier molecular flexibility index (Phi) is 5.35. The summed E-state index contributed by atoms with van der Waals surface area (Å²) in [6.45, 7) is 1.85. The third-order valence-corrected chi connectivity index (χ3v) is 3.53. The van der Waals surface area contributed by atoms with Crippen LogP contribution in [0.3, 0.4) is 0 Å². The van der Waals surface area contributed by atoms with Gasteiger partial charge in [0, 0.05) is 22.8 Å². The SMILES string of the molecule is CC(/C(=C\[N+](=O)[O-])Nc1cccc(Cl)c1)c1ccc(Cl)nc1. The first-order valence-corrected chi connectivity index (χ1v) is 7.20. The molecule has 1 aromatic carbocycles. The highest BCUT2D eigenvalue weighted by Gasteiger charge is 2.16. The monoisotopic (exact) mass is 337 g/mol. The zero-order valence-electron chi connectivity index (χ0n) is 11.7. The fourth-order valence-corrected chi connectivity index (χ4v) is 2.22. The van der Waals surface area contributed by atoms with Gasteiger partial charge in [0.2, 0.25) is 0 Å². The number of nitrogens with one attached hydrogen (secondary N) is 1. The second-order valence-electron chi connectivity index (χ2n) is 4.64. The smallest absolute Gasteiger partial charge is 0.254 e. The third-order valence-electron chi connectivity index (χ3n) is 3.07. The Morgan fingerprint density at radius 1 is 1.36 bits per heavy atom. The summed E-state index contributed by atoms with van der Waals surface area (Å²) in [5.41, 5.74) is 1.91. The molecule has 0 fully saturated rings. The number of anilines is 1. The fourth-order valence-electron chi connectivity index (χ4n) is 1.92. The van der Waals surface area contributed by atoms with Crippen molar-refractivity contribution in [2.24, 2.45) is 0 Å². The molecule has 1 unspecified atom stereocenters. The van der Waals surface area contributed by atoms with Gasteiger partial charge in [0.1, 0.15) is 5.15 Å². The Labute approximate surface area is 137 Å². The van der Waals surface area contributed by atoms with Crippen LogP contribution in [-0.2, 0) is 0 Å². The second kappa shape index (κ2) is 7.24. The van der Waals surface area contributed by atoms with Gasteiger partial charge >= 0.3 is 0 Å². The largest absolute Gasteiger partial charge is 0.353 e. The lowest BCUT2D eigenvalue weighted by Crippen LogP contribution is -2.10. The summed E-state index contributed by atoms with van der Waals surface area (Å²) < 4.78 is 0. The van der Waals surface area contributed by atoms with Crippen LogP contribution in [-0.4, -0.2) is 9.91 Å². The van der Waals surface area contributed by atoms with Crippen LogP contribution in [0.1, 0.15) is 18.4 Å². The molecular weight excluding hydrogens is 325 g/mol. The number of benzene rings is 1. The molecule has 1 heterocycles. The Morgan fingerprint density at radius 3 is 2.73 bits per heavy atom. The van der Waals surface area contributed by atoms with E-state index in [4.69, 9.17) is 23.2 Å². The number of hydrogen-bond acceptors (Lipinski definition) is 4. The van der Waals surface area contributed by atoms with E-state index in [1.165, 1.54) is 0 Å². The lowest BCUT2D eigenvalue weighted by atomic mass is 9.99. The first-order chi connectivity index (χ1) is 10.5. The molecule has 0 bridgehead atoms. The molecule has 0 aliphatic heterocycles. The number of rotatable bonds is 5. The van der Waals surface area contributed by atoms with Crippen LogP contribution < -0.4 is 5.32 Å². The summed E-state index contributed by atoms with van der Waals surface area (Å²) in [7, 11) is 0. The van der Waals surface area contributed by atoms with Crippen molar-refractivity contribution in [2.75, 3.05) is 5.32 Å². The first-order valence-electron chi connectivity index (χ1n) is 6.45. The summed E-state index contributed by atoms with van der Waals surface area (Å²) in [6, 6.07) is 10.4. The van der Waals surface area contributed by atoms with E-state index in [-0.39, 0.29) is 5.92 Å². The predicted octanol–water partition coefficient (Wildman–Crippen LogP) is 4.72. The summed E-state index contributed by atoms with van der Waals surface area (Å²) in [4.78, 5) is 14.4. The summed E-state index contributed by atoms with van der Waals surface area (Å²) in [5, 5.41) is 14.8. The third kappa shape index (κ3) is 4.44. The average Bonchev–Trinajstić information content (AvgIpc) is 2.46. The Bertz CT molecular complexity index is 702. The molecule has 0 spiro atoms. The zero-order valence-corrected chi connectivity index (χ0v) is 13.2. The summed E-state index contributed by atoms with van der Waals surface area (Å²) in [5.74, 6) is -0.255. The molecule has 114 valence electrons. The minimum absolute atomic E-state index is 0.255. The standard InChI is InChI=1S/C15H13Cl2N3O2/c1-10(11-5-6-15(17)18-8-11)14(9-20(21)22)19-13-4-2-3-12(16)7-13/h2-10,19H,1H3/b14-9+. The molecule has 7 heteroatoms. The van der Waals surface area contributed by atoms with E-state index in [0.717, 1.165) is 11.8 Å². The van der Waals surface area contributed by atoms with Gasteiger partial charge in [-0.2, -0.15) is 0 Å². The summed E-state index contributed by atoms with van der Waals surface area (Å²) >= 11 is 11.7. The number of halogens is 2. The molecule has 0 amide bonds. The van der Waals surface area contributed by atoms with E-state index >= 15 is 0 Å². The normalized spacial score (nSPS) is 12.8. The molecule has 1 atom stereocenters. The van der Waals surface area contributed by atoms with Crippen molar-refractivity contribution in [1.82, 2.24) is 4.98 Å². The molecule has 0 saturated heterocycles. The molecule has 1 N–H and O–H groups in total. The molecule has 0 aliphatic carbocycles. The highest BCUT2D eigenvalue weighted by atomic mass is 35.5. The molecule has 1 aromatic heterocycles. The van der Waals surface area contributed by atoms with Gasteiger partial charge in [0.05, 0.1) is 10.6 Å². The van der Waals surface area contributed by atoms with Gasteiger partial charge in [-0.05, 0) is 29.8 Å². The number of hydrogen-bond donors (Lipinski definition) is 1. The topological polar surface area (TPSA) is 68.1 Å². The minimum atomic E-state index is -0.493. The second-order valence-corrected chi connectivity index (χ2v) is 5.46. The Balaban J connectivity index is 2.30. The minimum Gasteiger partial charge on any atom is -0.353 e. The van der Waals surface area contributed by atoms with Crippen molar-refractivity contribution in [3.05, 3.63) is 80.3 Å². The Morgan fingerprint density at radius 2 is 2.14 bits per heavy atom. The van der Waals surface area contributed by atoms with Gasteiger partial charge in [0.15, 0.2) is 0 Å². The van der Waals surface area contributed by atoms with Gasteiger partial charge in [-0.15, -0.1) is 0 Å². The molecule has 22 heavy (non-hydrogen) atoms. The quantitative estimate of drug-likeness (QED) is 0.486. The molecule has 0 aliphatic rings. The highest BCUT2D eigenvalue weighted by molar-refractivity contribution is 6.30. The van der Waals surface area contributed by atoms with Crippen molar-refractivity contribution in [3.63, 3.8) is 0 Å². The van der Waals surface area contributed by atoms with Gasteiger partial charge in [-0.3, -0.25) is 10.1 Å². The van der Waals surface area contributed by atoms with Gasteiger partial charge < -0.3 is 5.32 Å². The van der Waals surface area contributed by atoms with E-state index in [1.54, 1.807) is 42.6 Å². The maximum absolute atomic E-state index is 10.9. The number of allylic oxidation sites excluding steroid dienone is 1. The molecule has 2 aromatic rings. The van der Waals surface area contributed by atoms with Crippen LogP contribution in [0.5, 0.6) is 0 Å². The number of nitro groups is 1. The maximum Gasteiger partial charge on any atom is 0.254 e. The molecule has 0 saturated carbocycles. The van der Waals surface area contributed by atoms with Crippen LogP contribution in [0.4, 0.5) is 5.69 Å². The lowest BCUT2D eigenvalue weighted by Gasteiger charge is -2.16. The summed E-state index contributed by atoms with van der Waals surface area (Å²) in [6.07, 6.45) is 2.54. The molecule has 0 radical (unpaired) electrons. The first kappa shape index (κ1) is 16.3. The van der Waals surface area contributed by atoms with Crippen LogP contribution in [0.25, 0.3) is 0 Å². The number of aromatic nitrogens is 1. The van der Waals surface area contributed by atoms with Gasteiger partial charge in [-0.1, -0.05) is 42.3 Å². The lowest BCUT2D eigenvalue weighted by molar-refractivity contribution is -0.403. The zero-order chi connectivity index (χ0) is 16.1. The van der Waals surface area contributed by atoms with Crippen molar-refractivity contribution < 1.29 is 4.92 Å². The van der Waals surface area contributed by atoms with Crippen LogP contribution >= 0.6 is 23.2 Å². The van der Waals surface area contributed by atoms with Crippen LogP contribution in [0.15, 0.2) is 54.5 Å². The van der Waals surface area contributed by atoms with Crippen molar-refractivity contribution >= 4 is 28.9 Å². The number of nitrogens with zero attached hydrogens (tertiary/aromatic N) is 2. The number of pyridine rings is 1. The van der Waals surface area contributed by atoms with Gasteiger partial charge in [0.25, 0.3) is 6.20 Å². The predicted molar refractivity (Wildman–Crippen MR) is 87.8 cm³/mol. The van der Waals surface area contributed by atoms with E-state index in [2.05, 4.69) is 10.3 Å². The van der Waals surface area contributed by atoms with Crippen molar-refractivity contribution in [3.8, 4) is 0 Å². The average molecular weight is 338 g/mol. The van der Waals surface area contributed by atoms with E-state index in [1.807, 2.05) is 6.92 Å². The fraction of sp³-hybridized carbons (Fsp3) is 0.133. The van der Waals surface area contributed by atoms with E-state index in [0.29, 0.717) is 21.6 Å². The van der Waals surface area contributed by atoms with E-state index in [9.17, 15) is 10.1 Å². The van der Waals surface area contributed by atoms with E-state index < -0.39 is 4.92 Å². The van der Waals surface area contributed by atoms with Crippen LogP contribution in [0, 0.1) is 10.1 Å². The maximum atomic E-state index is 10.9. The molecular formula is C15H13Cl2N3O2. The van der Waals surface area contributed by atoms with Crippen molar-refractivity contribution in [1.29, 1.82) is 0 Å². The van der Waals surface area contributed by atoms with Crippen molar-refractivity contribution in [2.45, 2.75) is 12.8 Å². The van der Waals surface area contributed by atoms with Crippen LogP contribution in [0.2, 0.25) is 10.2 Å². The highest BCUT2D eigenvalue weighted by Crippen LogP contribution is 2.26. The molecule has 5 nitrogen and oxygen atoms in total. The van der Waals surface area contributed by atoms with Gasteiger partial charge in [-0.25, -0.2) is 4.98 Å². The Hall–Kier alpha value is -2.11.